The fourth-order valence-electron chi connectivity index (χ4n) is 1.76. The van der Waals surface area contributed by atoms with Crippen LogP contribution in [0.3, 0.4) is 0 Å². The molecule has 0 atom stereocenters. The maximum atomic E-state index is 5.84. The number of nitrogens with one attached hydrogen (secondary N) is 1. The molecule has 5 heteroatoms. The zero-order chi connectivity index (χ0) is 13.5. The molecule has 102 valence electrons. The summed E-state index contributed by atoms with van der Waals surface area (Å²) >= 11 is 2.25. The maximum Gasteiger partial charge on any atom is 0.123 e. The van der Waals surface area contributed by atoms with Crippen LogP contribution in [0.1, 0.15) is 12.5 Å². The first-order valence-electron chi connectivity index (χ1n) is 6.39. The Morgan fingerprint density at radius 3 is 2.95 bits per heavy atom. The molecule has 2 rings (SSSR count). The maximum absolute atomic E-state index is 5.84. The van der Waals surface area contributed by atoms with Gasteiger partial charge >= 0.3 is 0 Å². The normalized spacial score (nSPS) is 10.6. The molecule has 0 saturated heterocycles. The lowest BCUT2D eigenvalue weighted by atomic mass is 10.2. The number of rotatable bonds is 7. The average molecular weight is 371 g/mol. The summed E-state index contributed by atoms with van der Waals surface area (Å²) in [5.74, 6) is 0.949. The second kappa shape index (κ2) is 7.49. The van der Waals surface area contributed by atoms with Crippen molar-refractivity contribution in [2.24, 2.45) is 0 Å². The van der Waals surface area contributed by atoms with Gasteiger partial charge in [0.05, 0.1) is 16.3 Å². The standard InChI is InChI=1S/C14H18IN3O/c1-2-16-9-12-5-3-4-6-14(12)19-8-7-18-11-13(15)10-17-18/h3-6,10-11,16H,2,7-9H2,1H3. The van der Waals surface area contributed by atoms with Crippen LogP contribution in [0, 0.1) is 3.57 Å². The van der Waals surface area contributed by atoms with Gasteiger partial charge in [-0.3, -0.25) is 4.68 Å². The predicted octanol–water partition coefficient (Wildman–Crippen LogP) is 2.68. The molecule has 0 spiro atoms. The van der Waals surface area contributed by atoms with Gasteiger partial charge in [-0.05, 0) is 35.2 Å². The quantitative estimate of drug-likeness (QED) is 0.761. The number of nitrogens with zero attached hydrogens (tertiary/aromatic N) is 2. The second-order valence-corrected chi connectivity index (χ2v) is 5.40. The lowest BCUT2D eigenvalue weighted by molar-refractivity contribution is 0.288. The molecule has 1 N–H and O–H groups in total. The third kappa shape index (κ3) is 4.50. The number of hydrogen-bond donors (Lipinski definition) is 1. The molecule has 4 nitrogen and oxygen atoms in total. The van der Waals surface area contributed by atoms with Crippen LogP contribution in [0.2, 0.25) is 0 Å². The van der Waals surface area contributed by atoms with Crippen LogP contribution in [0.4, 0.5) is 0 Å². The molecule has 0 radical (unpaired) electrons. The Bertz CT molecular complexity index is 513. The number of benzene rings is 1. The highest BCUT2D eigenvalue weighted by molar-refractivity contribution is 14.1. The van der Waals surface area contributed by atoms with E-state index in [1.54, 1.807) is 0 Å². The number of aromatic nitrogens is 2. The lowest BCUT2D eigenvalue weighted by Gasteiger charge is -2.11. The molecule has 1 aromatic carbocycles. The monoisotopic (exact) mass is 371 g/mol. The van der Waals surface area contributed by atoms with Gasteiger partial charge in [0.1, 0.15) is 12.4 Å². The SMILES string of the molecule is CCNCc1ccccc1OCCn1cc(I)cn1. The van der Waals surface area contributed by atoms with E-state index >= 15 is 0 Å². The number of ether oxygens (including phenoxy) is 1. The van der Waals surface area contributed by atoms with Crippen molar-refractivity contribution < 1.29 is 4.74 Å². The topological polar surface area (TPSA) is 39.1 Å². The smallest absolute Gasteiger partial charge is 0.123 e. The fourth-order valence-corrected chi connectivity index (χ4v) is 2.21. The zero-order valence-corrected chi connectivity index (χ0v) is 13.1. The van der Waals surface area contributed by atoms with Gasteiger partial charge in [0.2, 0.25) is 0 Å². The van der Waals surface area contributed by atoms with Gasteiger partial charge < -0.3 is 10.1 Å². The molecule has 1 aromatic heterocycles. The Balaban J connectivity index is 1.88. The van der Waals surface area contributed by atoms with E-state index in [2.05, 4.69) is 46.0 Å². The summed E-state index contributed by atoms with van der Waals surface area (Å²) in [7, 11) is 0. The Kier molecular flexibility index (Phi) is 5.65. The summed E-state index contributed by atoms with van der Waals surface area (Å²) in [5, 5.41) is 7.55. The summed E-state index contributed by atoms with van der Waals surface area (Å²) in [4.78, 5) is 0. The summed E-state index contributed by atoms with van der Waals surface area (Å²) in [6.45, 7) is 5.29. The van der Waals surface area contributed by atoms with Crippen molar-refractivity contribution in [2.75, 3.05) is 13.2 Å². The molecular weight excluding hydrogens is 353 g/mol. The van der Waals surface area contributed by atoms with Crippen LogP contribution in [0.5, 0.6) is 5.75 Å². The minimum Gasteiger partial charge on any atom is -0.491 e. The summed E-state index contributed by atoms with van der Waals surface area (Å²) in [6, 6.07) is 8.14. The van der Waals surface area contributed by atoms with Crippen LogP contribution < -0.4 is 10.1 Å². The van der Waals surface area contributed by atoms with E-state index in [0.29, 0.717) is 6.61 Å². The molecule has 2 aromatic rings. The van der Waals surface area contributed by atoms with Crippen molar-refractivity contribution in [1.29, 1.82) is 0 Å². The Labute approximate surface area is 127 Å². The van der Waals surface area contributed by atoms with Crippen LogP contribution in [-0.2, 0) is 13.1 Å². The number of halogens is 1. The minimum atomic E-state index is 0.626. The number of para-hydroxylation sites is 1. The van der Waals surface area contributed by atoms with Crippen LogP contribution >= 0.6 is 22.6 Å². The third-order valence-electron chi connectivity index (χ3n) is 2.72. The van der Waals surface area contributed by atoms with Crippen molar-refractivity contribution in [2.45, 2.75) is 20.0 Å². The zero-order valence-electron chi connectivity index (χ0n) is 11.0. The van der Waals surface area contributed by atoms with E-state index in [4.69, 9.17) is 4.74 Å². The first-order valence-corrected chi connectivity index (χ1v) is 7.47. The lowest BCUT2D eigenvalue weighted by Crippen LogP contribution is -2.14. The van der Waals surface area contributed by atoms with Crippen molar-refractivity contribution in [3.05, 3.63) is 45.8 Å². The summed E-state index contributed by atoms with van der Waals surface area (Å²) in [5.41, 5.74) is 1.19. The van der Waals surface area contributed by atoms with Gasteiger partial charge in [0, 0.05) is 18.3 Å². The van der Waals surface area contributed by atoms with Gasteiger partial charge in [0.15, 0.2) is 0 Å². The largest absolute Gasteiger partial charge is 0.491 e. The molecule has 0 aliphatic rings. The summed E-state index contributed by atoms with van der Waals surface area (Å²) < 4.78 is 8.89. The first kappa shape index (κ1) is 14.3. The molecular formula is C14H18IN3O. The molecule has 0 aliphatic heterocycles. The van der Waals surface area contributed by atoms with Crippen molar-refractivity contribution >= 4 is 22.6 Å². The van der Waals surface area contributed by atoms with Gasteiger partial charge in [-0.25, -0.2) is 0 Å². The van der Waals surface area contributed by atoms with E-state index in [9.17, 15) is 0 Å². The summed E-state index contributed by atoms with van der Waals surface area (Å²) in [6.07, 6.45) is 3.86. The van der Waals surface area contributed by atoms with Crippen molar-refractivity contribution in [1.82, 2.24) is 15.1 Å². The molecule has 0 saturated carbocycles. The van der Waals surface area contributed by atoms with Gasteiger partial charge in [-0.15, -0.1) is 0 Å². The average Bonchev–Trinajstić information content (AvgIpc) is 2.83. The van der Waals surface area contributed by atoms with E-state index in [0.717, 1.165) is 29.0 Å². The second-order valence-electron chi connectivity index (χ2n) is 4.16. The molecule has 0 unspecified atom stereocenters. The Morgan fingerprint density at radius 1 is 1.37 bits per heavy atom. The highest BCUT2D eigenvalue weighted by Crippen LogP contribution is 2.17. The molecule has 1 heterocycles. The van der Waals surface area contributed by atoms with Gasteiger partial charge in [-0.2, -0.15) is 5.10 Å². The molecule has 0 amide bonds. The molecule has 0 bridgehead atoms. The highest BCUT2D eigenvalue weighted by Gasteiger charge is 2.02. The van der Waals surface area contributed by atoms with E-state index in [1.165, 1.54) is 5.56 Å². The van der Waals surface area contributed by atoms with E-state index < -0.39 is 0 Å². The minimum absolute atomic E-state index is 0.626. The van der Waals surface area contributed by atoms with Gasteiger partial charge in [-0.1, -0.05) is 25.1 Å². The fraction of sp³-hybridized carbons (Fsp3) is 0.357. The first-order chi connectivity index (χ1) is 9.29. The van der Waals surface area contributed by atoms with E-state index in [-0.39, 0.29) is 0 Å². The van der Waals surface area contributed by atoms with Crippen LogP contribution in [0.15, 0.2) is 36.7 Å². The highest BCUT2D eigenvalue weighted by atomic mass is 127. The predicted molar refractivity (Wildman–Crippen MR) is 84.3 cm³/mol. The molecule has 0 fully saturated rings. The van der Waals surface area contributed by atoms with Crippen molar-refractivity contribution in [3.8, 4) is 5.75 Å². The van der Waals surface area contributed by atoms with Crippen LogP contribution in [-0.4, -0.2) is 22.9 Å². The third-order valence-corrected chi connectivity index (χ3v) is 3.27. The molecule has 19 heavy (non-hydrogen) atoms. The van der Waals surface area contributed by atoms with Crippen molar-refractivity contribution in [3.63, 3.8) is 0 Å². The van der Waals surface area contributed by atoms with Crippen LogP contribution in [0.25, 0.3) is 0 Å². The van der Waals surface area contributed by atoms with E-state index in [1.807, 2.05) is 35.3 Å². The number of hydrogen-bond acceptors (Lipinski definition) is 3. The molecule has 0 aliphatic carbocycles. The van der Waals surface area contributed by atoms with Gasteiger partial charge in [0.25, 0.3) is 0 Å². The Hall–Kier alpha value is -1.08. The Morgan fingerprint density at radius 2 is 2.21 bits per heavy atom.